The third-order valence-electron chi connectivity index (χ3n) is 3.54. The molecule has 0 aliphatic carbocycles. The predicted octanol–water partition coefficient (Wildman–Crippen LogP) is 4.08. The van der Waals surface area contributed by atoms with E-state index in [1.165, 1.54) is 36.9 Å². The lowest BCUT2D eigenvalue weighted by Crippen LogP contribution is -2.16. The van der Waals surface area contributed by atoms with Crippen LogP contribution in [0.25, 0.3) is 10.2 Å². The molecule has 1 atom stereocenters. The zero-order chi connectivity index (χ0) is 15.4. The molecule has 0 aromatic carbocycles. The molecule has 0 amide bonds. The molecule has 0 radical (unpaired) electrons. The Hall–Kier alpha value is -1.69. The number of unbranched alkanes of at least 4 members (excludes halogenated alkanes) is 2. The van der Waals surface area contributed by atoms with Crippen LogP contribution in [0, 0.1) is 6.92 Å². The standard InChI is InChI=1S/C15H21N3O2S/c1-4-5-6-7-9(2)18-13-11-10(3)12(15(19)20)21-14(11)17-8-16-13/h8-9H,4-7H2,1-3H3,(H,19,20)(H,16,17,18). The van der Waals surface area contributed by atoms with Crippen LogP contribution in [0.15, 0.2) is 6.33 Å². The minimum Gasteiger partial charge on any atom is -0.477 e. The number of hydrogen-bond donors (Lipinski definition) is 2. The molecule has 0 saturated carbocycles. The van der Waals surface area contributed by atoms with Crippen LogP contribution >= 0.6 is 11.3 Å². The molecule has 0 spiro atoms. The van der Waals surface area contributed by atoms with Crippen molar-refractivity contribution in [2.24, 2.45) is 0 Å². The Kier molecular flexibility index (Phi) is 5.12. The first kappa shape index (κ1) is 15.7. The Morgan fingerprint density at radius 1 is 1.43 bits per heavy atom. The lowest BCUT2D eigenvalue weighted by atomic mass is 10.1. The molecule has 0 aliphatic heterocycles. The Bertz CT molecular complexity index is 639. The van der Waals surface area contributed by atoms with Gasteiger partial charge >= 0.3 is 5.97 Å². The van der Waals surface area contributed by atoms with E-state index >= 15 is 0 Å². The molecular formula is C15H21N3O2S. The van der Waals surface area contributed by atoms with E-state index in [1.54, 1.807) is 0 Å². The Morgan fingerprint density at radius 3 is 2.86 bits per heavy atom. The van der Waals surface area contributed by atoms with Crippen molar-refractivity contribution >= 4 is 33.3 Å². The van der Waals surface area contributed by atoms with Gasteiger partial charge in [0.05, 0.1) is 5.39 Å². The smallest absolute Gasteiger partial charge is 0.346 e. The number of rotatable bonds is 7. The Balaban J connectivity index is 2.25. The van der Waals surface area contributed by atoms with Gasteiger partial charge in [-0.05, 0) is 25.8 Å². The molecule has 1 unspecified atom stereocenters. The number of nitrogens with one attached hydrogen (secondary N) is 1. The minimum atomic E-state index is -0.905. The van der Waals surface area contributed by atoms with Crippen molar-refractivity contribution < 1.29 is 9.90 Å². The van der Waals surface area contributed by atoms with E-state index in [-0.39, 0.29) is 0 Å². The van der Waals surface area contributed by atoms with Gasteiger partial charge in [0.15, 0.2) is 0 Å². The van der Waals surface area contributed by atoms with Crippen LogP contribution in [0.3, 0.4) is 0 Å². The fourth-order valence-electron chi connectivity index (χ4n) is 2.39. The van der Waals surface area contributed by atoms with Crippen LogP contribution in [-0.2, 0) is 0 Å². The number of aromatic nitrogens is 2. The molecule has 21 heavy (non-hydrogen) atoms. The number of carboxylic acid groups (broad SMARTS) is 1. The van der Waals surface area contributed by atoms with Gasteiger partial charge in [0.2, 0.25) is 0 Å². The van der Waals surface area contributed by atoms with Gasteiger partial charge in [-0.2, -0.15) is 0 Å². The summed E-state index contributed by atoms with van der Waals surface area (Å²) in [5.74, 6) is -0.164. The predicted molar refractivity (Wildman–Crippen MR) is 86.3 cm³/mol. The zero-order valence-electron chi connectivity index (χ0n) is 12.6. The van der Waals surface area contributed by atoms with Gasteiger partial charge in [-0.1, -0.05) is 26.2 Å². The summed E-state index contributed by atoms with van der Waals surface area (Å²) in [5.41, 5.74) is 0.742. The maximum absolute atomic E-state index is 11.2. The molecular weight excluding hydrogens is 286 g/mol. The van der Waals surface area contributed by atoms with E-state index in [0.29, 0.717) is 10.9 Å². The molecule has 114 valence electrons. The third kappa shape index (κ3) is 3.50. The van der Waals surface area contributed by atoms with Crippen molar-refractivity contribution in [1.29, 1.82) is 0 Å². The summed E-state index contributed by atoms with van der Waals surface area (Å²) in [6, 6.07) is 0.308. The van der Waals surface area contributed by atoms with Crippen LogP contribution in [-0.4, -0.2) is 27.1 Å². The number of hydrogen-bond acceptors (Lipinski definition) is 5. The number of nitrogens with zero attached hydrogens (tertiary/aromatic N) is 2. The van der Waals surface area contributed by atoms with Crippen molar-refractivity contribution in [3.63, 3.8) is 0 Å². The first-order chi connectivity index (χ1) is 10.0. The molecule has 6 heteroatoms. The summed E-state index contributed by atoms with van der Waals surface area (Å²) in [6.07, 6.45) is 6.18. The Labute approximate surface area is 128 Å². The second kappa shape index (κ2) is 6.85. The van der Waals surface area contributed by atoms with Gasteiger partial charge in [0.1, 0.15) is 21.9 Å². The van der Waals surface area contributed by atoms with Gasteiger partial charge in [0.25, 0.3) is 0 Å². The lowest BCUT2D eigenvalue weighted by Gasteiger charge is -2.15. The number of thiophene rings is 1. The molecule has 5 nitrogen and oxygen atoms in total. The second-order valence-corrected chi connectivity index (χ2v) is 6.30. The molecule has 0 aliphatic rings. The summed E-state index contributed by atoms with van der Waals surface area (Å²) in [4.78, 5) is 20.8. The van der Waals surface area contributed by atoms with Gasteiger partial charge < -0.3 is 10.4 Å². The number of carboxylic acids is 1. The summed E-state index contributed by atoms with van der Waals surface area (Å²) in [5, 5.41) is 13.5. The molecule has 2 aromatic rings. The highest BCUT2D eigenvalue weighted by Crippen LogP contribution is 2.33. The van der Waals surface area contributed by atoms with Crippen LogP contribution in [0.5, 0.6) is 0 Å². The highest BCUT2D eigenvalue weighted by Gasteiger charge is 2.19. The fourth-order valence-corrected chi connectivity index (χ4v) is 3.38. The van der Waals surface area contributed by atoms with E-state index in [2.05, 4.69) is 29.1 Å². The number of aryl methyl sites for hydroxylation is 1. The van der Waals surface area contributed by atoms with Gasteiger partial charge in [-0.3, -0.25) is 0 Å². The summed E-state index contributed by atoms with van der Waals surface area (Å²) < 4.78 is 0. The quantitative estimate of drug-likeness (QED) is 0.754. The molecule has 0 fully saturated rings. The first-order valence-corrected chi connectivity index (χ1v) is 8.10. The largest absolute Gasteiger partial charge is 0.477 e. The maximum Gasteiger partial charge on any atom is 0.346 e. The highest BCUT2D eigenvalue weighted by molar-refractivity contribution is 7.20. The van der Waals surface area contributed by atoms with Crippen molar-refractivity contribution in [3.8, 4) is 0 Å². The topological polar surface area (TPSA) is 75.1 Å². The minimum absolute atomic E-state index is 0.308. The van der Waals surface area contributed by atoms with Crippen LogP contribution < -0.4 is 5.32 Å². The SMILES string of the molecule is CCCCCC(C)Nc1ncnc2sc(C(=O)O)c(C)c12. The second-order valence-electron chi connectivity index (χ2n) is 5.30. The number of carbonyl (C=O) groups is 1. The molecule has 2 rings (SSSR count). The van der Waals surface area contributed by atoms with Crippen LogP contribution in [0.4, 0.5) is 5.82 Å². The molecule has 0 saturated heterocycles. The average molecular weight is 307 g/mol. The van der Waals surface area contributed by atoms with Gasteiger partial charge in [-0.25, -0.2) is 14.8 Å². The lowest BCUT2D eigenvalue weighted by molar-refractivity contribution is 0.0701. The molecule has 2 N–H and O–H groups in total. The van der Waals surface area contributed by atoms with Gasteiger partial charge in [-0.15, -0.1) is 11.3 Å². The van der Waals surface area contributed by atoms with Crippen LogP contribution in [0.1, 0.15) is 54.8 Å². The molecule has 0 bridgehead atoms. The first-order valence-electron chi connectivity index (χ1n) is 7.28. The van der Waals surface area contributed by atoms with Gasteiger partial charge in [0, 0.05) is 6.04 Å². The summed E-state index contributed by atoms with van der Waals surface area (Å²) >= 11 is 1.20. The van der Waals surface area contributed by atoms with Crippen molar-refractivity contribution in [2.45, 2.75) is 52.5 Å². The summed E-state index contributed by atoms with van der Waals surface area (Å²) in [6.45, 7) is 6.14. The normalized spacial score (nSPS) is 12.5. The fraction of sp³-hybridized carbons (Fsp3) is 0.533. The highest BCUT2D eigenvalue weighted by atomic mass is 32.1. The number of aromatic carboxylic acids is 1. The molecule has 2 aromatic heterocycles. The zero-order valence-corrected chi connectivity index (χ0v) is 13.5. The van der Waals surface area contributed by atoms with Crippen molar-refractivity contribution in [1.82, 2.24) is 9.97 Å². The third-order valence-corrected chi connectivity index (χ3v) is 4.73. The molecule has 2 heterocycles. The summed E-state index contributed by atoms with van der Waals surface area (Å²) in [7, 11) is 0. The van der Waals surface area contributed by atoms with E-state index in [0.717, 1.165) is 28.0 Å². The average Bonchev–Trinajstić information content (AvgIpc) is 2.78. The van der Waals surface area contributed by atoms with E-state index in [1.807, 2.05) is 6.92 Å². The van der Waals surface area contributed by atoms with E-state index < -0.39 is 5.97 Å². The maximum atomic E-state index is 11.2. The van der Waals surface area contributed by atoms with Crippen LogP contribution in [0.2, 0.25) is 0 Å². The van der Waals surface area contributed by atoms with Crippen molar-refractivity contribution in [3.05, 3.63) is 16.8 Å². The van der Waals surface area contributed by atoms with E-state index in [9.17, 15) is 9.90 Å². The van der Waals surface area contributed by atoms with Crippen molar-refractivity contribution in [2.75, 3.05) is 5.32 Å². The van der Waals surface area contributed by atoms with E-state index in [4.69, 9.17) is 0 Å². The monoisotopic (exact) mass is 307 g/mol. The Morgan fingerprint density at radius 2 is 2.19 bits per heavy atom. The number of fused-ring (bicyclic) bond motifs is 1. The number of anilines is 1.